The molecule has 1 atom stereocenters. The van der Waals surface area contributed by atoms with E-state index in [2.05, 4.69) is 6.58 Å². The Morgan fingerprint density at radius 3 is 2.67 bits per heavy atom. The highest BCUT2D eigenvalue weighted by Crippen LogP contribution is 2.26. The lowest BCUT2D eigenvalue weighted by Gasteiger charge is -2.13. The zero-order valence-electron chi connectivity index (χ0n) is 10.5. The molecule has 1 rings (SSSR count). The number of hydrogen-bond donors (Lipinski definition) is 2. The first-order valence-corrected chi connectivity index (χ1v) is 6.98. The third-order valence-corrected chi connectivity index (χ3v) is 3.92. The predicted molar refractivity (Wildman–Crippen MR) is 69.6 cm³/mol. The molecule has 114 valence electrons. The van der Waals surface area contributed by atoms with Crippen LogP contribution in [0.3, 0.4) is 0 Å². The van der Waals surface area contributed by atoms with E-state index >= 15 is 0 Å². The Morgan fingerprint density at radius 1 is 1.57 bits per heavy atom. The van der Waals surface area contributed by atoms with Crippen molar-refractivity contribution in [1.29, 1.82) is 0 Å². The lowest BCUT2D eigenvalue weighted by molar-refractivity contribution is -0.390. The standard InChI is InChI=1S/C11H11FN2O6S/c1-2-4-8(11(15)16)13-21(19,20)9-6-3-5-7(12)10(9)14(17)18/h2-3,5-6,8,13H,1,4H2,(H,15,16). The van der Waals surface area contributed by atoms with Crippen molar-refractivity contribution < 1.29 is 27.6 Å². The van der Waals surface area contributed by atoms with Crippen LogP contribution >= 0.6 is 0 Å². The Labute approximate surface area is 119 Å². The summed E-state index contributed by atoms with van der Waals surface area (Å²) in [6.45, 7) is 3.28. The minimum atomic E-state index is -4.59. The summed E-state index contributed by atoms with van der Waals surface area (Å²) < 4.78 is 39.2. The molecule has 0 fully saturated rings. The first kappa shape index (κ1) is 16.7. The average Bonchev–Trinajstić information content (AvgIpc) is 2.37. The highest BCUT2D eigenvalue weighted by Gasteiger charge is 2.32. The van der Waals surface area contributed by atoms with Gasteiger partial charge in [-0.25, -0.2) is 8.42 Å². The normalized spacial score (nSPS) is 12.6. The molecule has 2 N–H and O–H groups in total. The second-order valence-electron chi connectivity index (χ2n) is 3.88. The number of para-hydroxylation sites is 1. The maximum atomic E-state index is 13.4. The monoisotopic (exact) mass is 318 g/mol. The molecular formula is C11H11FN2O6S. The van der Waals surface area contributed by atoms with Crippen LogP contribution in [0, 0.1) is 15.9 Å². The van der Waals surface area contributed by atoms with Crippen molar-refractivity contribution in [2.75, 3.05) is 0 Å². The van der Waals surface area contributed by atoms with Gasteiger partial charge in [-0.05, 0) is 18.6 Å². The van der Waals surface area contributed by atoms with Gasteiger partial charge in [0.25, 0.3) is 0 Å². The molecule has 1 aromatic carbocycles. The zero-order valence-corrected chi connectivity index (χ0v) is 11.3. The van der Waals surface area contributed by atoms with Crippen LogP contribution in [-0.2, 0) is 14.8 Å². The summed E-state index contributed by atoms with van der Waals surface area (Å²) in [5.41, 5.74) is -1.24. The summed E-state index contributed by atoms with van der Waals surface area (Å²) >= 11 is 0. The van der Waals surface area contributed by atoms with E-state index in [9.17, 15) is 27.7 Å². The molecule has 10 heteroatoms. The van der Waals surface area contributed by atoms with Gasteiger partial charge in [-0.2, -0.15) is 9.11 Å². The van der Waals surface area contributed by atoms with Crippen molar-refractivity contribution in [3.63, 3.8) is 0 Å². The smallest absolute Gasteiger partial charge is 0.324 e. The first-order chi connectivity index (χ1) is 9.70. The van der Waals surface area contributed by atoms with Crippen LogP contribution in [0.5, 0.6) is 0 Å². The summed E-state index contributed by atoms with van der Waals surface area (Å²) in [6.07, 6.45) is 0.930. The van der Waals surface area contributed by atoms with Crippen molar-refractivity contribution in [3.8, 4) is 0 Å². The fraction of sp³-hybridized carbons (Fsp3) is 0.182. The van der Waals surface area contributed by atoms with Gasteiger partial charge in [0.05, 0.1) is 4.92 Å². The number of nitro benzene ring substituents is 1. The van der Waals surface area contributed by atoms with Gasteiger partial charge in [0, 0.05) is 0 Å². The van der Waals surface area contributed by atoms with E-state index in [0.29, 0.717) is 0 Å². The van der Waals surface area contributed by atoms with E-state index in [1.165, 1.54) is 6.08 Å². The van der Waals surface area contributed by atoms with Gasteiger partial charge in [0.15, 0.2) is 4.90 Å². The van der Waals surface area contributed by atoms with Gasteiger partial charge >= 0.3 is 11.7 Å². The van der Waals surface area contributed by atoms with E-state index in [1.54, 1.807) is 4.72 Å². The Bertz CT molecular complexity index is 688. The van der Waals surface area contributed by atoms with Crippen LogP contribution in [-0.4, -0.2) is 30.5 Å². The molecular weight excluding hydrogens is 307 g/mol. The molecule has 0 heterocycles. The minimum Gasteiger partial charge on any atom is -0.480 e. The molecule has 0 aromatic heterocycles. The van der Waals surface area contributed by atoms with Crippen LogP contribution in [0.1, 0.15) is 6.42 Å². The number of hydrogen-bond acceptors (Lipinski definition) is 5. The van der Waals surface area contributed by atoms with E-state index < -0.39 is 43.4 Å². The molecule has 0 amide bonds. The van der Waals surface area contributed by atoms with Crippen molar-refractivity contribution in [2.45, 2.75) is 17.4 Å². The van der Waals surface area contributed by atoms with E-state index in [4.69, 9.17) is 5.11 Å². The number of carboxylic acids is 1. The van der Waals surface area contributed by atoms with Crippen molar-refractivity contribution >= 4 is 21.7 Å². The lowest BCUT2D eigenvalue weighted by atomic mass is 10.2. The number of nitrogens with one attached hydrogen (secondary N) is 1. The first-order valence-electron chi connectivity index (χ1n) is 5.49. The fourth-order valence-corrected chi connectivity index (χ4v) is 2.89. The lowest BCUT2D eigenvalue weighted by Crippen LogP contribution is -2.40. The molecule has 0 spiro atoms. The number of carbonyl (C=O) groups is 1. The molecule has 0 saturated heterocycles. The van der Waals surface area contributed by atoms with Crippen LogP contribution in [0.4, 0.5) is 10.1 Å². The highest BCUT2D eigenvalue weighted by atomic mass is 32.2. The predicted octanol–water partition coefficient (Wildman–Crippen LogP) is 1.04. The maximum Gasteiger partial charge on any atom is 0.324 e. The number of rotatable bonds is 7. The van der Waals surface area contributed by atoms with Crippen molar-refractivity contribution in [3.05, 3.63) is 46.8 Å². The summed E-state index contributed by atoms with van der Waals surface area (Å²) in [7, 11) is -4.59. The minimum absolute atomic E-state index is 0.238. The highest BCUT2D eigenvalue weighted by molar-refractivity contribution is 7.89. The van der Waals surface area contributed by atoms with E-state index in [0.717, 1.165) is 18.2 Å². The summed E-state index contributed by atoms with van der Waals surface area (Å²) in [6, 6.07) is 0.960. The Balaban J connectivity index is 3.32. The molecule has 8 nitrogen and oxygen atoms in total. The Kier molecular flexibility index (Phi) is 5.11. The second kappa shape index (κ2) is 6.41. The van der Waals surface area contributed by atoms with Crippen molar-refractivity contribution in [1.82, 2.24) is 4.72 Å². The van der Waals surface area contributed by atoms with Gasteiger partial charge in [0.2, 0.25) is 15.8 Å². The Morgan fingerprint density at radius 2 is 2.19 bits per heavy atom. The second-order valence-corrected chi connectivity index (χ2v) is 5.56. The van der Waals surface area contributed by atoms with Gasteiger partial charge in [-0.15, -0.1) is 6.58 Å². The molecule has 0 radical (unpaired) electrons. The average molecular weight is 318 g/mol. The third kappa shape index (κ3) is 3.83. The summed E-state index contributed by atoms with van der Waals surface area (Å²) in [5.74, 6) is -2.82. The molecule has 0 saturated carbocycles. The van der Waals surface area contributed by atoms with Gasteiger partial charge in [0.1, 0.15) is 6.04 Å². The summed E-state index contributed by atoms with van der Waals surface area (Å²) in [4.78, 5) is 19.5. The number of nitrogens with zero attached hydrogens (tertiary/aromatic N) is 1. The number of nitro groups is 1. The SMILES string of the molecule is C=CCC(NS(=O)(=O)c1cccc(F)c1[N+](=O)[O-])C(=O)O. The third-order valence-electron chi connectivity index (χ3n) is 2.42. The van der Waals surface area contributed by atoms with E-state index in [-0.39, 0.29) is 6.42 Å². The molecule has 1 aromatic rings. The summed E-state index contributed by atoms with van der Waals surface area (Å²) in [5, 5.41) is 19.6. The molecule has 0 aliphatic heterocycles. The maximum absolute atomic E-state index is 13.4. The number of benzene rings is 1. The molecule has 0 aliphatic carbocycles. The van der Waals surface area contributed by atoms with Crippen molar-refractivity contribution in [2.24, 2.45) is 0 Å². The van der Waals surface area contributed by atoms with Gasteiger partial charge in [-0.1, -0.05) is 12.1 Å². The number of sulfonamides is 1. The van der Waals surface area contributed by atoms with Crippen LogP contribution < -0.4 is 4.72 Å². The molecule has 21 heavy (non-hydrogen) atoms. The van der Waals surface area contributed by atoms with Crippen LogP contribution in [0.25, 0.3) is 0 Å². The zero-order chi connectivity index (χ0) is 16.2. The molecule has 0 aliphatic rings. The van der Waals surface area contributed by atoms with Crippen LogP contribution in [0.15, 0.2) is 35.7 Å². The number of halogens is 1. The largest absolute Gasteiger partial charge is 0.480 e. The van der Waals surface area contributed by atoms with E-state index in [1.807, 2.05) is 0 Å². The van der Waals surface area contributed by atoms with Crippen LogP contribution in [0.2, 0.25) is 0 Å². The Hall–Kier alpha value is -2.33. The topological polar surface area (TPSA) is 127 Å². The number of aliphatic carboxylic acids is 1. The number of carboxylic acid groups (broad SMARTS) is 1. The van der Waals surface area contributed by atoms with Gasteiger partial charge in [-0.3, -0.25) is 14.9 Å². The van der Waals surface area contributed by atoms with Gasteiger partial charge < -0.3 is 5.11 Å². The molecule has 1 unspecified atom stereocenters. The quantitative estimate of drug-likeness (QED) is 0.439. The molecule has 0 bridgehead atoms. The fourth-order valence-electron chi connectivity index (χ4n) is 1.51.